The van der Waals surface area contributed by atoms with Crippen LogP contribution in [0.1, 0.15) is 25.3 Å². The third-order valence-corrected chi connectivity index (χ3v) is 3.48. The lowest BCUT2D eigenvalue weighted by Crippen LogP contribution is -2.37. The van der Waals surface area contributed by atoms with Gasteiger partial charge in [-0.25, -0.2) is 0 Å². The zero-order valence-electron chi connectivity index (χ0n) is 10.6. The van der Waals surface area contributed by atoms with Gasteiger partial charge < -0.3 is 5.11 Å². The van der Waals surface area contributed by atoms with E-state index in [1.807, 2.05) is 30.3 Å². The number of carboxylic acids is 1. The Morgan fingerprint density at radius 1 is 1.32 bits per heavy atom. The number of aliphatic carboxylic acids is 1. The summed E-state index contributed by atoms with van der Waals surface area (Å²) in [6.07, 6.45) is -0.127. The zero-order valence-corrected chi connectivity index (χ0v) is 10.6. The molecule has 19 heavy (non-hydrogen) atoms. The summed E-state index contributed by atoms with van der Waals surface area (Å²) in [4.78, 5) is 35.9. The molecular weight excluding hydrogens is 246 g/mol. The monoisotopic (exact) mass is 261 g/mol. The van der Waals surface area contributed by atoms with Gasteiger partial charge in [-0.15, -0.1) is 0 Å². The van der Waals surface area contributed by atoms with Crippen LogP contribution >= 0.6 is 0 Å². The Hall–Kier alpha value is -2.17. The highest BCUT2D eigenvalue weighted by atomic mass is 16.4. The van der Waals surface area contributed by atoms with Gasteiger partial charge in [0.1, 0.15) is 0 Å². The number of rotatable bonds is 4. The topological polar surface area (TPSA) is 74.7 Å². The van der Waals surface area contributed by atoms with Crippen LogP contribution in [0.15, 0.2) is 30.3 Å². The molecule has 100 valence electrons. The van der Waals surface area contributed by atoms with E-state index in [9.17, 15) is 14.4 Å². The van der Waals surface area contributed by atoms with Crippen molar-refractivity contribution in [2.75, 3.05) is 6.54 Å². The van der Waals surface area contributed by atoms with Crippen LogP contribution in [-0.4, -0.2) is 34.3 Å². The number of carboxylic acid groups (broad SMARTS) is 1. The average molecular weight is 261 g/mol. The zero-order chi connectivity index (χ0) is 14.0. The van der Waals surface area contributed by atoms with Crippen molar-refractivity contribution in [3.63, 3.8) is 0 Å². The summed E-state index contributed by atoms with van der Waals surface area (Å²) >= 11 is 0. The van der Waals surface area contributed by atoms with Gasteiger partial charge in [0.2, 0.25) is 11.8 Å². The van der Waals surface area contributed by atoms with Crippen molar-refractivity contribution in [3.8, 4) is 0 Å². The number of amides is 2. The third-order valence-electron chi connectivity index (χ3n) is 3.48. The lowest BCUT2D eigenvalue weighted by Gasteiger charge is -2.22. The number of imide groups is 1. The third kappa shape index (κ3) is 2.36. The van der Waals surface area contributed by atoms with Crippen molar-refractivity contribution in [3.05, 3.63) is 35.9 Å². The number of benzene rings is 1. The normalized spacial score (nSPS) is 22.9. The fourth-order valence-electron chi connectivity index (χ4n) is 2.35. The molecule has 2 amide bonds. The molecule has 1 atom stereocenters. The molecular formula is C14H15NO4. The quantitative estimate of drug-likeness (QED) is 0.826. The van der Waals surface area contributed by atoms with E-state index in [0.717, 1.165) is 10.5 Å². The second kappa shape index (κ2) is 4.84. The summed E-state index contributed by atoms with van der Waals surface area (Å²) in [5.41, 5.74) is -0.0946. The van der Waals surface area contributed by atoms with Crippen LogP contribution in [0, 0.1) is 0 Å². The molecule has 1 aromatic carbocycles. The first-order valence-electron chi connectivity index (χ1n) is 6.07. The predicted octanol–water partition coefficient (Wildman–Crippen LogP) is 1.18. The molecule has 0 bridgehead atoms. The van der Waals surface area contributed by atoms with Crippen LogP contribution in [0.2, 0.25) is 0 Å². The molecule has 0 saturated carbocycles. The molecule has 1 saturated heterocycles. The molecule has 1 N–H and O–H groups in total. The van der Waals surface area contributed by atoms with Gasteiger partial charge in [-0.3, -0.25) is 19.3 Å². The largest absolute Gasteiger partial charge is 0.481 e. The van der Waals surface area contributed by atoms with Crippen molar-refractivity contribution < 1.29 is 19.5 Å². The first-order chi connectivity index (χ1) is 8.95. The molecule has 0 spiro atoms. The summed E-state index contributed by atoms with van der Waals surface area (Å²) in [5.74, 6) is -1.64. The molecule has 5 nitrogen and oxygen atoms in total. The van der Waals surface area contributed by atoms with Gasteiger partial charge >= 0.3 is 5.97 Å². The van der Waals surface area contributed by atoms with Crippen LogP contribution < -0.4 is 0 Å². The number of likely N-dealkylation sites (tertiary alicyclic amines) is 1. The van der Waals surface area contributed by atoms with Gasteiger partial charge in [-0.2, -0.15) is 0 Å². The molecule has 0 unspecified atom stereocenters. The van der Waals surface area contributed by atoms with E-state index in [-0.39, 0.29) is 31.2 Å². The van der Waals surface area contributed by atoms with Crippen LogP contribution in [-0.2, 0) is 19.8 Å². The highest BCUT2D eigenvalue weighted by molar-refractivity contribution is 6.08. The van der Waals surface area contributed by atoms with Gasteiger partial charge in [-0.05, 0) is 12.5 Å². The van der Waals surface area contributed by atoms with E-state index in [1.165, 1.54) is 0 Å². The maximum Gasteiger partial charge on any atom is 0.305 e. The molecule has 1 fully saturated rings. The summed E-state index contributed by atoms with van der Waals surface area (Å²) in [6.45, 7) is 1.67. The Balaban J connectivity index is 2.24. The molecule has 0 aromatic heterocycles. The van der Waals surface area contributed by atoms with Crippen molar-refractivity contribution in [2.24, 2.45) is 0 Å². The van der Waals surface area contributed by atoms with E-state index in [2.05, 4.69) is 0 Å². The van der Waals surface area contributed by atoms with Crippen LogP contribution in [0.4, 0.5) is 0 Å². The molecule has 0 aliphatic carbocycles. The van der Waals surface area contributed by atoms with Crippen molar-refractivity contribution in [1.82, 2.24) is 4.90 Å². The molecule has 1 aliphatic rings. The second-order valence-corrected chi connectivity index (χ2v) is 4.87. The maximum absolute atomic E-state index is 12.4. The second-order valence-electron chi connectivity index (χ2n) is 4.87. The van der Waals surface area contributed by atoms with Gasteiger partial charge in [0.15, 0.2) is 0 Å². The van der Waals surface area contributed by atoms with E-state index in [0.29, 0.717) is 0 Å². The average Bonchev–Trinajstić information content (AvgIpc) is 2.60. The Morgan fingerprint density at radius 3 is 2.53 bits per heavy atom. The van der Waals surface area contributed by atoms with Crippen molar-refractivity contribution in [1.29, 1.82) is 0 Å². The lowest BCUT2D eigenvalue weighted by atomic mass is 9.81. The number of hydrogen-bond acceptors (Lipinski definition) is 3. The number of nitrogens with zero attached hydrogens (tertiary/aromatic N) is 1. The Kier molecular flexibility index (Phi) is 3.38. The Bertz CT molecular complexity index is 526. The molecule has 1 aromatic rings. The Morgan fingerprint density at radius 2 is 1.95 bits per heavy atom. The molecule has 2 rings (SSSR count). The summed E-state index contributed by atoms with van der Waals surface area (Å²) in [6, 6.07) is 9.10. The summed E-state index contributed by atoms with van der Waals surface area (Å²) in [5, 5.41) is 8.64. The van der Waals surface area contributed by atoms with Gasteiger partial charge in [-0.1, -0.05) is 30.3 Å². The lowest BCUT2D eigenvalue weighted by molar-refractivity contribution is -0.141. The highest BCUT2D eigenvalue weighted by Gasteiger charge is 2.48. The minimum Gasteiger partial charge on any atom is -0.481 e. The molecule has 5 heteroatoms. The standard InChI is InChI=1S/C14H15NO4/c1-14(10-5-3-2-4-6-10)9-11(16)15(13(14)19)8-7-12(17)18/h2-6H,7-9H2,1H3,(H,17,18)/t14-/m1/s1. The van der Waals surface area contributed by atoms with Gasteiger partial charge in [0.25, 0.3) is 0 Å². The fourth-order valence-corrected chi connectivity index (χ4v) is 2.35. The van der Waals surface area contributed by atoms with Gasteiger partial charge in [0.05, 0.1) is 11.8 Å². The van der Waals surface area contributed by atoms with E-state index in [4.69, 9.17) is 5.11 Å². The van der Waals surface area contributed by atoms with Crippen molar-refractivity contribution in [2.45, 2.75) is 25.2 Å². The maximum atomic E-state index is 12.4. The van der Waals surface area contributed by atoms with E-state index >= 15 is 0 Å². The minimum absolute atomic E-state index is 0.0601. The van der Waals surface area contributed by atoms with Crippen LogP contribution in [0.5, 0.6) is 0 Å². The first-order valence-corrected chi connectivity index (χ1v) is 6.07. The summed E-state index contributed by atoms with van der Waals surface area (Å²) < 4.78 is 0. The van der Waals surface area contributed by atoms with Crippen LogP contribution in [0.3, 0.4) is 0 Å². The van der Waals surface area contributed by atoms with Crippen LogP contribution in [0.25, 0.3) is 0 Å². The first kappa shape index (κ1) is 13.3. The van der Waals surface area contributed by atoms with Crippen molar-refractivity contribution >= 4 is 17.8 Å². The predicted molar refractivity (Wildman–Crippen MR) is 67.4 cm³/mol. The number of carbonyl (C=O) groups is 3. The molecule has 1 aliphatic heterocycles. The van der Waals surface area contributed by atoms with E-state index in [1.54, 1.807) is 6.92 Å². The smallest absolute Gasteiger partial charge is 0.305 e. The SMILES string of the molecule is C[C@]1(c2ccccc2)CC(=O)N(CCC(=O)O)C1=O. The highest BCUT2D eigenvalue weighted by Crippen LogP contribution is 2.36. The minimum atomic E-state index is -1.02. The number of hydrogen-bond donors (Lipinski definition) is 1. The molecule has 0 radical (unpaired) electrons. The summed E-state index contributed by atoms with van der Waals surface area (Å²) in [7, 11) is 0. The Labute approximate surface area is 110 Å². The molecule has 1 heterocycles. The fraction of sp³-hybridized carbons (Fsp3) is 0.357. The van der Waals surface area contributed by atoms with E-state index < -0.39 is 11.4 Å². The number of carbonyl (C=O) groups excluding carboxylic acids is 2. The van der Waals surface area contributed by atoms with Gasteiger partial charge in [0, 0.05) is 13.0 Å².